The van der Waals surface area contributed by atoms with Crippen LogP contribution in [-0.4, -0.2) is 25.0 Å². The molecule has 0 aliphatic heterocycles. The van der Waals surface area contributed by atoms with Crippen LogP contribution in [0.15, 0.2) is 16.7 Å². The van der Waals surface area contributed by atoms with Gasteiger partial charge in [-0.25, -0.2) is 8.42 Å². The molecule has 3 atom stereocenters. The summed E-state index contributed by atoms with van der Waals surface area (Å²) >= 11 is 5.84. The molecule has 1 aliphatic carbocycles. The van der Waals surface area contributed by atoms with Crippen LogP contribution in [0, 0.1) is 5.92 Å². The molecule has 0 radical (unpaired) electrons. The fraction of sp³-hybridized carbons (Fsp3) is 0.667. The largest absolute Gasteiger partial charge is 0.453 e. The van der Waals surface area contributed by atoms with E-state index in [4.69, 9.17) is 16.0 Å². The fourth-order valence-corrected chi connectivity index (χ4v) is 4.04. The molecule has 1 aromatic rings. The topological polar surface area (TPSA) is 67.5 Å². The van der Waals surface area contributed by atoms with Crippen molar-refractivity contribution in [2.45, 2.75) is 37.0 Å². The summed E-state index contributed by atoms with van der Waals surface area (Å²) in [5.41, 5.74) is 0.552. The Morgan fingerprint density at radius 2 is 2.22 bits per heavy atom. The lowest BCUT2D eigenvalue weighted by Crippen LogP contribution is -2.30. The second kappa shape index (κ2) is 5.23. The van der Waals surface area contributed by atoms with Crippen LogP contribution in [0.2, 0.25) is 5.22 Å². The van der Waals surface area contributed by atoms with Crippen molar-refractivity contribution in [1.82, 2.24) is 0 Å². The summed E-state index contributed by atoms with van der Waals surface area (Å²) in [6.07, 6.45) is 4.74. The lowest BCUT2D eigenvalue weighted by molar-refractivity contribution is 0.0853. The summed E-state index contributed by atoms with van der Waals surface area (Å²) in [7, 11) is -3.04. The Kier molecular flexibility index (Phi) is 4.04. The average Bonchev–Trinajstić information content (AvgIpc) is 2.73. The van der Waals surface area contributed by atoms with Gasteiger partial charge in [0.1, 0.15) is 9.84 Å². The van der Waals surface area contributed by atoms with Crippen LogP contribution in [0.5, 0.6) is 0 Å². The van der Waals surface area contributed by atoms with Crippen LogP contribution in [0.25, 0.3) is 0 Å². The van der Waals surface area contributed by atoms with Gasteiger partial charge in [-0.15, -0.1) is 0 Å². The Morgan fingerprint density at radius 3 is 2.78 bits per heavy atom. The third-order valence-corrected chi connectivity index (χ3v) is 5.63. The average molecular weight is 293 g/mol. The van der Waals surface area contributed by atoms with Gasteiger partial charge >= 0.3 is 0 Å². The molecular weight excluding hydrogens is 276 g/mol. The van der Waals surface area contributed by atoms with E-state index in [1.807, 2.05) is 0 Å². The Labute approximate surface area is 112 Å². The smallest absolute Gasteiger partial charge is 0.198 e. The van der Waals surface area contributed by atoms with Crippen molar-refractivity contribution in [1.29, 1.82) is 0 Å². The molecule has 102 valence electrons. The first-order valence-corrected chi connectivity index (χ1v) is 8.32. The molecule has 0 aromatic carbocycles. The predicted molar refractivity (Wildman–Crippen MR) is 69.3 cm³/mol. The van der Waals surface area contributed by atoms with E-state index in [1.54, 1.807) is 6.07 Å². The van der Waals surface area contributed by atoms with Gasteiger partial charge in [0.15, 0.2) is 5.22 Å². The number of halogens is 1. The third-order valence-electron chi connectivity index (χ3n) is 3.68. The zero-order valence-electron chi connectivity index (χ0n) is 10.2. The monoisotopic (exact) mass is 292 g/mol. The van der Waals surface area contributed by atoms with Crippen molar-refractivity contribution in [2.24, 2.45) is 5.92 Å². The summed E-state index contributed by atoms with van der Waals surface area (Å²) in [6, 6.07) is 1.64. The van der Waals surface area contributed by atoms with Gasteiger partial charge in [0.05, 0.1) is 17.6 Å². The van der Waals surface area contributed by atoms with Crippen LogP contribution in [-0.2, 0) is 9.84 Å². The van der Waals surface area contributed by atoms with E-state index in [2.05, 4.69) is 0 Å². The first kappa shape index (κ1) is 13.9. The van der Waals surface area contributed by atoms with Crippen molar-refractivity contribution in [3.63, 3.8) is 0 Å². The number of hydrogen-bond donors (Lipinski definition) is 1. The molecule has 0 bridgehead atoms. The maximum Gasteiger partial charge on any atom is 0.198 e. The Balaban J connectivity index is 2.12. The molecule has 0 amide bonds. The van der Waals surface area contributed by atoms with Gasteiger partial charge in [-0.05, 0) is 42.8 Å². The number of furan rings is 1. The minimum atomic E-state index is -3.04. The molecule has 0 spiro atoms. The Morgan fingerprint density at radius 1 is 1.50 bits per heavy atom. The molecule has 1 heterocycles. The number of aliphatic hydroxyl groups excluding tert-OH is 1. The van der Waals surface area contributed by atoms with Crippen LogP contribution < -0.4 is 0 Å². The highest BCUT2D eigenvalue weighted by Gasteiger charge is 2.34. The van der Waals surface area contributed by atoms with E-state index in [0.717, 1.165) is 12.8 Å². The molecule has 3 unspecified atom stereocenters. The van der Waals surface area contributed by atoms with E-state index in [-0.39, 0.29) is 16.4 Å². The van der Waals surface area contributed by atoms with Crippen LogP contribution >= 0.6 is 11.6 Å². The van der Waals surface area contributed by atoms with E-state index >= 15 is 0 Å². The molecule has 0 saturated heterocycles. The molecular formula is C12H17ClO4S. The SMILES string of the molecule is CS(=O)(=O)C1CCCC(C(O)c2ccoc2Cl)C1. The molecule has 4 nitrogen and oxygen atoms in total. The number of sulfone groups is 1. The van der Waals surface area contributed by atoms with E-state index < -0.39 is 15.9 Å². The highest BCUT2D eigenvalue weighted by Crippen LogP contribution is 2.38. The maximum atomic E-state index is 11.6. The Bertz CT molecular complexity index is 508. The molecule has 6 heteroatoms. The zero-order chi connectivity index (χ0) is 13.3. The molecule has 1 N–H and O–H groups in total. The van der Waals surface area contributed by atoms with Gasteiger partial charge in [0.2, 0.25) is 0 Å². The van der Waals surface area contributed by atoms with E-state index in [9.17, 15) is 13.5 Å². The van der Waals surface area contributed by atoms with Gasteiger partial charge < -0.3 is 9.52 Å². The minimum Gasteiger partial charge on any atom is -0.453 e. The molecule has 1 aliphatic rings. The van der Waals surface area contributed by atoms with Crippen LogP contribution in [0.3, 0.4) is 0 Å². The fourth-order valence-electron chi connectivity index (χ4n) is 2.63. The van der Waals surface area contributed by atoms with Gasteiger partial charge in [-0.1, -0.05) is 6.42 Å². The molecule has 18 heavy (non-hydrogen) atoms. The highest BCUT2D eigenvalue weighted by molar-refractivity contribution is 7.91. The number of hydrogen-bond acceptors (Lipinski definition) is 4. The number of rotatable bonds is 3. The zero-order valence-corrected chi connectivity index (χ0v) is 11.7. The molecule has 1 saturated carbocycles. The second-order valence-corrected chi connectivity index (χ2v) is 7.64. The van der Waals surface area contributed by atoms with Crippen molar-refractivity contribution >= 4 is 21.4 Å². The predicted octanol–water partition coefficient (Wildman–Crippen LogP) is 2.57. The second-order valence-electron chi connectivity index (χ2n) is 4.97. The van der Waals surface area contributed by atoms with Gasteiger partial charge in [0, 0.05) is 11.8 Å². The summed E-state index contributed by atoms with van der Waals surface area (Å²) in [5.74, 6) is -0.0754. The van der Waals surface area contributed by atoms with Crippen molar-refractivity contribution in [3.05, 3.63) is 23.1 Å². The summed E-state index contributed by atoms with van der Waals surface area (Å²) in [6.45, 7) is 0. The Hall–Kier alpha value is -0.520. The van der Waals surface area contributed by atoms with Gasteiger partial charge in [0.25, 0.3) is 0 Å². The highest BCUT2D eigenvalue weighted by atomic mass is 35.5. The van der Waals surface area contributed by atoms with Crippen molar-refractivity contribution in [3.8, 4) is 0 Å². The van der Waals surface area contributed by atoms with Crippen molar-refractivity contribution < 1.29 is 17.9 Å². The normalized spacial score (nSPS) is 27.1. The minimum absolute atomic E-state index is 0.0754. The van der Waals surface area contributed by atoms with E-state index in [0.29, 0.717) is 18.4 Å². The molecule has 1 aromatic heterocycles. The maximum absolute atomic E-state index is 11.6. The first-order chi connectivity index (χ1) is 8.39. The van der Waals surface area contributed by atoms with E-state index in [1.165, 1.54) is 12.5 Å². The summed E-state index contributed by atoms with van der Waals surface area (Å²) in [4.78, 5) is 0. The lowest BCUT2D eigenvalue weighted by atomic mass is 9.83. The molecule has 2 rings (SSSR count). The number of aliphatic hydroxyl groups is 1. The quantitative estimate of drug-likeness (QED) is 0.930. The van der Waals surface area contributed by atoms with Gasteiger partial charge in [-0.2, -0.15) is 0 Å². The van der Waals surface area contributed by atoms with Gasteiger partial charge in [-0.3, -0.25) is 0 Å². The standard InChI is InChI=1S/C12H17ClO4S/c1-18(15,16)9-4-2-3-8(7-9)11(14)10-5-6-17-12(10)13/h5-6,8-9,11,14H,2-4,7H2,1H3. The summed E-state index contributed by atoms with van der Waals surface area (Å²) < 4.78 is 28.1. The van der Waals surface area contributed by atoms with Crippen molar-refractivity contribution in [2.75, 3.05) is 6.26 Å². The summed E-state index contributed by atoms with van der Waals surface area (Å²) in [5, 5.41) is 10.1. The first-order valence-electron chi connectivity index (χ1n) is 5.99. The third kappa shape index (κ3) is 2.90. The lowest BCUT2D eigenvalue weighted by Gasteiger charge is -2.31. The molecule has 1 fully saturated rings. The van der Waals surface area contributed by atoms with Crippen LogP contribution in [0.1, 0.15) is 37.4 Å². The van der Waals surface area contributed by atoms with Crippen LogP contribution in [0.4, 0.5) is 0 Å².